The lowest BCUT2D eigenvalue weighted by Crippen LogP contribution is -2.40. The van der Waals surface area contributed by atoms with Crippen LogP contribution in [0.2, 0.25) is 10.0 Å². The van der Waals surface area contributed by atoms with Gasteiger partial charge in [0.2, 0.25) is 0 Å². The molecule has 102 valence electrons. The largest absolute Gasteiger partial charge is 0.313 e. The number of sulfone groups is 1. The van der Waals surface area contributed by atoms with E-state index in [9.17, 15) is 8.42 Å². The van der Waals surface area contributed by atoms with E-state index in [1.165, 1.54) is 18.2 Å². The van der Waals surface area contributed by atoms with Gasteiger partial charge in [0.05, 0.1) is 20.2 Å². The molecule has 6 heteroatoms. The summed E-state index contributed by atoms with van der Waals surface area (Å²) in [7, 11) is -3.41. The van der Waals surface area contributed by atoms with Crippen LogP contribution >= 0.6 is 23.2 Å². The Balaban J connectivity index is 3.09. The molecule has 0 aliphatic carbocycles. The Bertz CT molecular complexity index is 517. The molecule has 2 unspecified atom stereocenters. The summed E-state index contributed by atoms with van der Waals surface area (Å²) in [6.45, 7) is 6.20. The minimum absolute atomic E-state index is 0.130. The number of hydrogen-bond donors (Lipinski definition) is 1. The number of halogens is 2. The maximum absolute atomic E-state index is 12.4. The third-order valence-electron chi connectivity index (χ3n) is 2.94. The molecule has 0 aliphatic heterocycles. The molecule has 0 fully saturated rings. The quantitative estimate of drug-likeness (QED) is 0.909. The first kappa shape index (κ1) is 15.8. The van der Waals surface area contributed by atoms with Gasteiger partial charge in [-0.2, -0.15) is 0 Å². The molecule has 1 N–H and O–H groups in total. The van der Waals surface area contributed by atoms with E-state index in [0.717, 1.165) is 6.54 Å². The van der Waals surface area contributed by atoms with Gasteiger partial charge in [-0.15, -0.1) is 0 Å². The molecule has 0 amide bonds. The Labute approximate surface area is 118 Å². The van der Waals surface area contributed by atoms with Gasteiger partial charge < -0.3 is 5.32 Å². The SMILES string of the molecule is CCNC(C)C(C)S(=O)(=O)c1ccc(Cl)c(Cl)c1. The van der Waals surface area contributed by atoms with Gasteiger partial charge in [0.25, 0.3) is 0 Å². The summed E-state index contributed by atoms with van der Waals surface area (Å²) < 4.78 is 24.7. The summed E-state index contributed by atoms with van der Waals surface area (Å²) in [6, 6.07) is 4.25. The molecule has 0 spiro atoms. The fourth-order valence-corrected chi connectivity index (χ4v) is 3.59. The Kier molecular flexibility index (Phi) is 5.46. The van der Waals surface area contributed by atoms with Crippen molar-refractivity contribution in [1.29, 1.82) is 0 Å². The van der Waals surface area contributed by atoms with E-state index in [1.807, 2.05) is 13.8 Å². The number of hydrogen-bond acceptors (Lipinski definition) is 3. The zero-order valence-corrected chi connectivity index (χ0v) is 12.9. The predicted octanol–water partition coefficient (Wildman–Crippen LogP) is 3.15. The molecular weight excluding hydrogens is 293 g/mol. The first-order chi connectivity index (χ1) is 8.30. The van der Waals surface area contributed by atoms with E-state index >= 15 is 0 Å². The Morgan fingerprint density at radius 1 is 1.22 bits per heavy atom. The van der Waals surface area contributed by atoms with Crippen molar-refractivity contribution >= 4 is 33.0 Å². The van der Waals surface area contributed by atoms with Crippen molar-refractivity contribution in [3.8, 4) is 0 Å². The molecule has 0 saturated heterocycles. The monoisotopic (exact) mass is 309 g/mol. The molecular formula is C12H17Cl2NO2S. The van der Waals surface area contributed by atoms with E-state index < -0.39 is 15.1 Å². The van der Waals surface area contributed by atoms with Gasteiger partial charge in [-0.3, -0.25) is 0 Å². The summed E-state index contributed by atoms with van der Waals surface area (Å²) in [5.41, 5.74) is 0. The van der Waals surface area contributed by atoms with Crippen molar-refractivity contribution in [3.05, 3.63) is 28.2 Å². The zero-order valence-electron chi connectivity index (χ0n) is 10.6. The topological polar surface area (TPSA) is 46.2 Å². The van der Waals surface area contributed by atoms with Gasteiger partial charge in [0.15, 0.2) is 9.84 Å². The highest BCUT2D eigenvalue weighted by Crippen LogP contribution is 2.27. The van der Waals surface area contributed by atoms with E-state index in [2.05, 4.69) is 5.32 Å². The van der Waals surface area contributed by atoms with Crippen molar-refractivity contribution in [3.63, 3.8) is 0 Å². The van der Waals surface area contributed by atoms with Gasteiger partial charge in [0, 0.05) is 6.04 Å². The minimum atomic E-state index is -3.41. The van der Waals surface area contributed by atoms with Gasteiger partial charge in [-0.05, 0) is 38.6 Å². The smallest absolute Gasteiger partial charge is 0.182 e. The summed E-state index contributed by atoms with van der Waals surface area (Å²) in [6.07, 6.45) is 0. The van der Waals surface area contributed by atoms with Crippen molar-refractivity contribution < 1.29 is 8.42 Å². The highest BCUT2D eigenvalue weighted by molar-refractivity contribution is 7.92. The van der Waals surface area contributed by atoms with E-state index in [4.69, 9.17) is 23.2 Å². The fourth-order valence-electron chi connectivity index (χ4n) is 1.63. The number of rotatable bonds is 5. The van der Waals surface area contributed by atoms with Crippen LogP contribution in [0.3, 0.4) is 0 Å². The molecule has 0 bridgehead atoms. The van der Waals surface area contributed by atoms with E-state index in [-0.39, 0.29) is 16.0 Å². The van der Waals surface area contributed by atoms with Crippen molar-refractivity contribution in [1.82, 2.24) is 5.32 Å². The van der Waals surface area contributed by atoms with Crippen LogP contribution in [0.4, 0.5) is 0 Å². The lowest BCUT2D eigenvalue weighted by Gasteiger charge is -2.21. The molecule has 3 nitrogen and oxygen atoms in total. The third-order valence-corrected chi connectivity index (χ3v) is 5.98. The van der Waals surface area contributed by atoms with E-state index in [1.54, 1.807) is 6.92 Å². The molecule has 1 aromatic rings. The Hall–Kier alpha value is -0.290. The molecule has 1 aromatic carbocycles. The number of benzene rings is 1. The first-order valence-electron chi connectivity index (χ1n) is 5.73. The predicted molar refractivity (Wildman–Crippen MR) is 76.2 cm³/mol. The Morgan fingerprint density at radius 2 is 1.83 bits per heavy atom. The van der Waals surface area contributed by atoms with Crippen molar-refractivity contribution in [2.45, 2.75) is 37.0 Å². The second-order valence-electron chi connectivity index (χ2n) is 4.17. The lowest BCUT2D eigenvalue weighted by molar-refractivity contribution is 0.521. The first-order valence-corrected chi connectivity index (χ1v) is 8.03. The van der Waals surface area contributed by atoms with Gasteiger partial charge >= 0.3 is 0 Å². The number of nitrogens with one attached hydrogen (secondary N) is 1. The molecule has 0 aliphatic rings. The third kappa shape index (κ3) is 3.38. The molecule has 18 heavy (non-hydrogen) atoms. The average molecular weight is 310 g/mol. The van der Waals surface area contributed by atoms with Crippen LogP contribution in [0.25, 0.3) is 0 Å². The maximum Gasteiger partial charge on any atom is 0.182 e. The van der Waals surface area contributed by atoms with Crippen molar-refractivity contribution in [2.75, 3.05) is 6.54 Å². The Morgan fingerprint density at radius 3 is 2.33 bits per heavy atom. The molecule has 2 atom stereocenters. The second kappa shape index (κ2) is 6.24. The van der Waals surface area contributed by atoms with Crippen LogP contribution in [0.5, 0.6) is 0 Å². The summed E-state index contributed by atoms with van der Waals surface area (Å²) >= 11 is 11.6. The van der Waals surface area contributed by atoms with Crippen LogP contribution < -0.4 is 5.32 Å². The standard InChI is InChI=1S/C12H17Cl2NO2S/c1-4-15-8(2)9(3)18(16,17)10-5-6-11(13)12(14)7-10/h5-9,15H,4H2,1-3H3. The summed E-state index contributed by atoms with van der Waals surface area (Å²) in [5, 5.41) is 3.18. The van der Waals surface area contributed by atoms with Crippen LogP contribution in [0.1, 0.15) is 20.8 Å². The lowest BCUT2D eigenvalue weighted by atomic mass is 10.2. The maximum atomic E-state index is 12.4. The molecule has 0 heterocycles. The van der Waals surface area contributed by atoms with E-state index in [0.29, 0.717) is 5.02 Å². The van der Waals surface area contributed by atoms with Crippen molar-refractivity contribution in [2.24, 2.45) is 0 Å². The van der Waals surface area contributed by atoms with Crippen LogP contribution in [0.15, 0.2) is 23.1 Å². The molecule has 1 rings (SSSR count). The summed E-state index contributed by atoms with van der Waals surface area (Å²) in [4.78, 5) is 0.203. The van der Waals surface area contributed by atoms with Crippen LogP contribution in [0, 0.1) is 0 Å². The van der Waals surface area contributed by atoms with Gasteiger partial charge in [-0.1, -0.05) is 30.1 Å². The zero-order chi connectivity index (χ0) is 13.9. The van der Waals surface area contributed by atoms with Crippen LogP contribution in [-0.4, -0.2) is 26.3 Å². The van der Waals surface area contributed by atoms with Gasteiger partial charge in [0.1, 0.15) is 0 Å². The van der Waals surface area contributed by atoms with Crippen LogP contribution in [-0.2, 0) is 9.84 Å². The highest BCUT2D eigenvalue weighted by Gasteiger charge is 2.28. The van der Waals surface area contributed by atoms with Gasteiger partial charge in [-0.25, -0.2) is 8.42 Å². The fraction of sp³-hybridized carbons (Fsp3) is 0.500. The molecule has 0 saturated carbocycles. The normalized spacial score (nSPS) is 15.4. The average Bonchev–Trinajstić information content (AvgIpc) is 2.31. The molecule has 0 radical (unpaired) electrons. The molecule has 0 aromatic heterocycles. The highest BCUT2D eigenvalue weighted by atomic mass is 35.5. The summed E-state index contributed by atoms with van der Waals surface area (Å²) in [5.74, 6) is 0. The second-order valence-corrected chi connectivity index (χ2v) is 7.29. The minimum Gasteiger partial charge on any atom is -0.313 e.